The van der Waals surface area contributed by atoms with Crippen molar-refractivity contribution >= 4 is 27.8 Å². The molecule has 0 N–H and O–H groups in total. The first-order valence-corrected chi connectivity index (χ1v) is 6.63. The minimum absolute atomic E-state index is 0.385. The third kappa shape index (κ3) is 1.77. The van der Waals surface area contributed by atoms with Gasteiger partial charge >= 0.3 is 5.97 Å². The van der Waals surface area contributed by atoms with Crippen molar-refractivity contribution in [2.75, 3.05) is 14.2 Å². The van der Waals surface area contributed by atoms with Crippen LogP contribution in [0.25, 0.3) is 21.8 Å². The first-order chi connectivity index (χ1) is 10.1. The number of aryl methyl sites for hydroxylation is 2. The summed E-state index contributed by atoms with van der Waals surface area (Å²) < 4.78 is 6.64. The molecule has 0 aliphatic heterocycles. The van der Waals surface area contributed by atoms with Crippen LogP contribution in [0.1, 0.15) is 21.7 Å². The number of rotatable bonds is 2. The molecule has 5 nitrogen and oxygen atoms in total. The molecule has 1 aromatic carbocycles. The van der Waals surface area contributed by atoms with Crippen LogP contribution < -0.4 is 4.84 Å². The Morgan fingerprint density at radius 1 is 1.14 bits per heavy atom. The monoisotopic (exact) mass is 284 g/mol. The Morgan fingerprint density at radius 2 is 1.86 bits per heavy atom. The van der Waals surface area contributed by atoms with Crippen LogP contribution in [0.4, 0.5) is 0 Å². The minimum atomic E-state index is -0.385. The summed E-state index contributed by atoms with van der Waals surface area (Å²) >= 11 is 0. The Hall–Kier alpha value is -2.56. The van der Waals surface area contributed by atoms with E-state index in [-0.39, 0.29) is 5.97 Å². The highest BCUT2D eigenvalue weighted by Gasteiger charge is 2.23. The van der Waals surface area contributed by atoms with Crippen molar-refractivity contribution in [3.05, 3.63) is 41.2 Å². The van der Waals surface area contributed by atoms with Crippen molar-refractivity contribution < 1.29 is 14.4 Å². The van der Waals surface area contributed by atoms with Gasteiger partial charge in [-0.05, 0) is 19.9 Å². The van der Waals surface area contributed by atoms with Crippen LogP contribution in [0.15, 0.2) is 24.3 Å². The molecule has 0 unspecified atom stereocenters. The van der Waals surface area contributed by atoms with E-state index in [1.165, 1.54) is 7.11 Å². The van der Waals surface area contributed by atoms with Gasteiger partial charge in [-0.1, -0.05) is 18.2 Å². The smallest absolute Gasteiger partial charge is 0.340 e. The molecule has 0 aliphatic rings. The van der Waals surface area contributed by atoms with Crippen LogP contribution in [0.3, 0.4) is 0 Å². The van der Waals surface area contributed by atoms with Crippen molar-refractivity contribution in [3.63, 3.8) is 0 Å². The van der Waals surface area contributed by atoms with Crippen LogP contribution in [0.5, 0.6) is 0 Å². The van der Waals surface area contributed by atoms with E-state index in [1.54, 1.807) is 11.8 Å². The van der Waals surface area contributed by atoms with Crippen LogP contribution >= 0.6 is 0 Å². The van der Waals surface area contributed by atoms with E-state index < -0.39 is 0 Å². The second-order valence-electron chi connectivity index (χ2n) is 4.87. The van der Waals surface area contributed by atoms with Gasteiger partial charge in [0.05, 0.1) is 29.6 Å². The summed E-state index contributed by atoms with van der Waals surface area (Å²) in [5.74, 6) is -0.385. The molecule has 0 fully saturated rings. The van der Waals surface area contributed by atoms with Gasteiger partial charge in [0.2, 0.25) is 0 Å². The first-order valence-electron chi connectivity index (χ1n) is 6.63. The lowest BCUT2D eigenvalue weighted by Gasteiger charge is -2.09. The number of hydrogen-bond donors (Lipinski definition) is 0. The molecule has 21 heavy (non-hydrogen) atoms. The highest BCUT2D eigenvalue weighted by atomic mass is 16.6. The summed E-state index contributed by atoms with van der Waals surface area (Å²) in [7, 11) is 2.98. The van der Waals surface area contributed by atoms with Crippen molar-refractivity contribution in [1.29, 1.82) is 0 Å². The number of fused-ring (bicyclic) bond motifs is 3. The summed E-state index contributed by atoms with van der Waals surface area (Å²) in [6.45, 7) is 3.72. The molecule has 0 saturated heterocycles. The number of carbonyl (C=O) groups excluding carboxylic acids is 1. The van der Waals surface area contributed by atoms with Crippen LogP contribution in [-0.4, -0.2) is 29.9 Å². The molecule has 0 amide bonds. The van der Waals surface area contributed by atoms with Gasteiger partial charge in [0, 0.05) is 10.8 Å². The first kappa shape index (κ1) is 13.4. The molecular formula is C16H16N2O3. The van der Waals surface area contributed by atoms with Crippen LogP contribution in [-0.2, 0) is 4.74 Å². The number of esters is 1. The van der Waals surface area contributed by atoms with Crippen LogP contribution in [0, 0.1) is 13.8 Å². The number of hydrogen-bond acceptors (Lipinski definition) is 4. The van der Waals surface area contributed by atoms with Crippen molar-refractivity contribution in [2.45, 2.75) is 13.8 Å². The van der Waals surface area contributed by atoms with Gasteiger partial charge in [-0.25, -0.2) is 4.79 Å². The zero-order valence-electron chi connectivity index (χ0n) is 12.4. The van der Waals surface area contributed by atoms with Gasteiger partial charge in [0.15, 0.2) is 0 Å². The van der Waals surface area contributed by atoms with E-state index in [1.807, 2.05) is 38.1 Å². The lowest BCUT2D eigenvalue weighted by Crippen LogP contribution is -2.10. The summed E-state index contributed by atoms with van der Waals surface area (Å²) in [5.41, 5.74) is 3.66. The standard InChI is InChI=1S/C16H16N2O3/c1-9-13(16(19)20-3)14-11-7-5-6-8-12(11)18(21-4)15(14)10(2)17-9/h5-8H,1-4H3. The number of methoxy groups -OCH3 is 1. The Bertz CT molecular complexity index is 865. The number of ether oxygens (including phenoxy) is 1. The zero-order chi connectivity index (χ0) is 15.1. The van der Waals surface area contributed by atoms with E-state index in [0.717, 1.165) is 27.5 Å². The van der Waals surface area contributed by atoms with E-state index in [0.29, 0.717) is 11.3 Å². The number of carbonyl (C=O) groups is 1. The second-order valence-corrected chi connectivity index (χ2v) is 4.87. The highest BCUT2D eigenvalue weighted by Crippen LogP contribution is 2.33. The quantitative estimate of drug-likeness (QED) is 0.679. The van der Waals surface area contributed by atoms with E-state index in [4.69, 9.17) is 9.57 Å². The van der Waals surface area contributed by atoms with Gasteiger partial charge in [0.1, 0.15) is 12.6 Å². The average Bonchev–Trinajstić information content (AvgIpc) is 2.82. The number of para-hydroxylation sites is 1. The van der Waals surface area contributed by atoms with Crippen molar-refractivity contribution in [1.82, 2.24) is 9.71 Å². The molecule has 3 rings (SSSR count). The number of pyridine rings is 1. The van der Waals surface area contributed by atoms with Gasteiger partial charge < -0.3 is 9.57 Å². The van der Waals surface area contributed by atoms with Gasteiger partial charge in [0.25, 0.3) is 0 Å². The van der Waals surface area contributed by atoms with Crippen LogP contribution in [0.2, 0.25) is 0 Å². The number of benzene rings is 1. The topological polar surface area (TPSA) is 53.3 Å². The third-order valence-corrected chi connectivity index (χ3v) is 3.69. The van der Waals surface area contributed by atoms with E-state index in [9.17, 15) is 4.79 Å². The van der Waals surface area contributed by atoms with Crippen molar-refractivity contribution in [3.8, 4) is 0 Å². The predicted molar refractivity (Wildman–Crippen MR) is 80.6 cm³/mol. The Kier molecular flexibility index (Phi) is 3.05. The van der Waals surface area contributed by atoms with Gasteiger partial charge in [-0.15, -0.1) is 0 Å². The lowest BCUT2D eigenvalue weighted by molar-refractivity contribution is 0.0601. The molecule has 2 aromatic heterocycles. The molecule has 108 valence electrons. The minimum Gasteiger partial charge on any atom is -0.465 e. The molecule has 0 atom stereocenters. The molecule has 0 saturated carbocycles. The lowest BCUT2D eigenvalue weighted by atomic mass is 10.0. The molecule has 5 heteroatoms. The summed E-state index contributed by atoms with van der Waals surface area (Å²) in [6, 6.07) is 7.80. The zero-order valence-corrected chi connectivity index (χ0v) is 12.4. The summed E-state index contributed by atoms with van der Waals surface area (Å²) in [4.78, 5) is 22.2. The Morgan fingerprint density at radius 3 is 2.52 bits per heavy atom. The fourth-order valence-corrected chi connectivity index (χ4v) is 2.88. The summed E-state index contributed by atoms with van der Waals surface area (Å²) in [5, 5.41) is 1.77. The molecule has 0 bridgehead atoms. The van der Waals surface area contributed by atoms with Crippen molar-refractivity contribution in [2.24, 2.45) is 0 Å². The maximum Gasteiger partial charge on any atom is 0.340 e. The third-order valence-electron chi connectivity index (χ3n) is 3.69. The maximum absolute atomic E-state index is 12.2. The molecule has 0 radical (unpaired) electrons. The second kappa shape index (κ2) is 4.77. The Balaban J connectivity index is 2.63. The molecule has 2 heterocycles. The predicted octanol–water partition coefficient (Wildman–Crippen LogP) is 2.65. The average molecular weight is 284 g/mol. The largest absolute Gasteiger partial charge is 0.465 e. The highest BCUT2D eigenvalue weighted by molar-refractivity contribution is 6.17. The molecular weight excluding hydrogens is 268 g/mol. The molecule has 0 aliphatic carbocycles. The van der Waals surface area contributed by atoms with E-state index >= 15 is 0 Å². The fourth-order valence-electron chi connectivity index (χ4n) is 2.88. The van der Waals surface area contributed by atoms with E-state index in [2.05, 4.69) is 4.98 Å². The summed E-state index contributed by atoms with van der Waals surface area (Å²) in [6.07, 6.45) is 0. The fraction of sp³-hybridized carbons (Fsp3) is 0.250. The number of aromatic nitrogens is 2. The van der Waals surface area contributed by atoms with Gasteiger partial charge in [-0.3, -0.25) is 4.98 Å². The molecule has 0 spiro atoms. The maximum atomic E-state index is 12.2. The normalized spacial score (nSPS) is 11.0. The SMILES string of the molecule is COC(=O)c1c(C)nc(C)c2c1c1ccccc1n2OC. The Labute approximate surface area is 122 Å². The number of nitrogens with zero attached hydrogens (tertiary/aromatic N) is 2. The van der Waals surface area contributed by atoms with Gasteiger partial charge in [-0.2, -0.15) is 4.73 Å². The molecule has 3 aromatic rings.